The van der Waals surface area contributed by atoms with Crippen LogP contribution in [-0.4, -0.2) is 29.3 Å². The van der Waals surface area contributed by atoms with Crippen LogP contribution in [0, 0.1) is 5.41 Å². The third-order valence-corrected chi connectivity index (χ3v) is 4.07. The summed E-state index contributed by atoms with van der Waals surface area (Å²) >= 11 is 2.44. The molecule has 2 aliphatic rings. The molecule has 64 valence electrons. The van der Waals surface area contributed by atoms with Gasteiger partial charge in [0, 0.05) is 42.5 Å². The molecule has 0 unspecified atom stereocenters. The molecule has 2 nitrogen and oxygen atoms in total. The first-order chi connectivity index (χ1) is 5.31. The maximum atomic E-state index is 3.48. The van der Waals surface area contributed by atoms with E-state index in [1.165, 1.54) is 45.4 Å². The fraction of sp³-hybridized carbons (Fsp3) is 1.00. The van der Waals surface area contributed by atoms with E-state index in [1.807, 2.05) is 0 Å². The number of nitrogens with one attached hydrogen (secondary N) is 1. The topological polar surface area (TPSA) is 15.3 Å². The van der Waals surface area contributed by atoms with Crippen molar-refractivity contribution in [1.82, 2.24) is 8.43 Å². The van der Waals surface area contributed by atoms with Gasteiger partial charge in [0.05, 0.1) is 0 Å². The highest BCUT2D eigenvalue weighted by molar-refractivity contribution is 14.1. The van der Waals surface area contributed by atoms with Crippen molar-refractivity contribution >= 4 is 22.9 Å². The van der Waals surface area contributed by atoms with Gasteiger partial charge in [-0.1, -0.05) is 0 Å². The largest absolute Gasteiger partial charge is 0.316 e. The van der Waals surface area contributed by atoms with E-state index in [1.54, 1.807) is 0 Å². The van der Waals surface area contributed by atoms with Gasteiger partial charge < -0.3 is 5.32 Å². The SMILES string of the molecule is IN1CCC2(CCNC2)CC1. The van der Waals surface area contributed by atoms with Crippen LogP contribution in [0.3, 0.4) is 0 Å². The summed E-state index contributed by atoms with van der Waals surface area (Å²) < 4.78 is 2.42. The van der Waals surface area contributed by atoms with E-state index < -0.39 is 0 Å². The fourth-order valence-corrected chi connectivity index (χ4v) is 2.66. The van der Waals surface area contributed by atoms with E-state index in [-0.39, 0.29) is 0 Å². The Morgan fingerprint density at radius 3 is 2.45 bits per heavy atom. The summed E-state index contributed by atoms with van der Waals surface area (Å²) in [6, 6.07) is 0. The van der Waals surface area contributed by atoms with Crippen molar-refractivity contribution in [2.75, 3.05) is 26.2 Å². The number of piperidine rings is 1. The maximum absolute atomic E-state index is 3.48. The lowest BCUT2D eigenvalue weighted by Crippen LogP contribution is -2.36. The number of hydrogen-bond donors (Lipinski definition) is 1. The van der Waals surface area contributed by atoms with Crippen LogP contribution < -0.4 is 5.32 Å². The molecule has 2 rings (SSSR count). The van der Waals surface area contributed by atoms with Crippen LogP contribution in [0.5, 0.6) is 0 Å². The highest BCUT2D eigenvalue weighted by atomic mass is 127. The zero-order valence-corrected chi connectivity index (χ0v) is 8.93. The first kappa shape index (κ1) is 8.26. The average Bonchev–Trinajstić information content (AvgIpc) is 2.45. The van der Waals surface area contributed by atoms with Crippen LogP contribution in [0.25, 0.3) is 0 Å². The maximum Gasteiger partial charge on any atom is 0.0201 e. The van der Waals surface area contributed by atoms with Gasteiger partial charge in [-0.2, -0.15) is 0 Å². The summed E-state index contributed by atoms with van der Waals surface area (Å²) in [5, 5.41) is 3.48. The van der Waals surface area contributed by atoms with Gasteiger partial charge in [-0.3, -0.25) is 0 Å². The van der Waals surface area contributed by atoms with Crippen molar-refractivity contribution in [3.8, 4) is 0 Å². The van der Waals surface area contributed by atoms with E-state index in [9.17, 15) is 0 Å². The Balaban J connectivity index is 1.94. The summed E-state index contributed by atoms with van der Waals surface area (Å²) in [6.45, 7) is 5.11. The van der Waals surface area contributed by atoms with E-state index >= 15 is 0 Å². The molecule has 0 saturated carbocycles. The standard InChI is InChI=1S/C8H15IN2/c9-11-5-2-8(3-6-11)1-4-10-7-8/h10H,1-7H2. The Labute approximate surface area is 82.2 Å². The van der Waals surface area contributed by atoms with Crippen molar-refractivity contribution < 1.29 is 0 Å². The van der Waals surface area contributed by atoms with Gasteiger partial charge in [0.15, 0.2) is 0 Å². The van der Waals surface area contributed by atoms with E-state index in [0.29, 0.717) is 5.41 Å². The molecular weight excluding hydrogens is 251 g/mol. The predicted molar refractivity (Wildman–Crippen MR) is 54.7 cm³/mol. The van der Waals surface area contributed by atoms with Crippen molar-refractivity contribution in [3.63, 3.8) is 0 Å². The zero-order valence-electron chi connectivity index (χ0n) is 6.77. The highest BCUT2D eigenvalue weighted by Gasteiger charge is 2.36. The Bertz CT molecular complexity index is 133. The molecule has 0 atom stereocenters. The molecular formula is C8H15IN2. The molecule has 2 heterocycles. The predicted octanol–water partition coefficient (Wildman–Crippen LogP) is 1.41. The van der Waals surface area contributed by atoms with E-state index in [0.717, 1.165) is 0 Å². The average molecular weight is 266 g/mol. The quantitative estimate of drug-likeness (QED) is 0.527. The molecule has 0 aromatic heterocycles. The normalized spacial score (nSPS) is 31.4. The molecule has 2 fully saturated rings. The second kappa shape index (κ2) is 3.18. The van der Waals surface area contributed by atoms with E-state index in [2.05, 4.69) is 31.3 Å². The summed E-state index contributed by atoms with van der Waals surface area (Å²) in [5.41, 5.74) is 0.696. The number of hydrogen-bond acceptors (Lipinski definition) is 2. The van der Waals surface area contributed by atoms with Gasteiger partial charge in [0.25, 0.3) is 0 Å². The summed E-state index contributed by atoms with van der Waals surface area (Å²) in [4.78, 5) is 0. The molecule has 1 spiro atoms. The van der Waals surface area contributed by atoms with Crippen molar-refractivity contribution in [1.29, 1.82) is 0 Å². The lowest BCUT2D eigenvalue weighted by atomic mass is 9.78. The lowest BCUT2D eigenvalue weighted by Gasteiger charge is -2.35. The summed E-state index contributed by atoms with van der Waals surface area (Å²) in [7, 11) is 0. The Morgan fingerprint density at radius 2 is 1.91 bits per heavy atom. The van der Waals surface area contributed by atoms with Gasteiger partial charge >= 0.3 is 0 Å². The molecule has 0 aliphatic carbocycles. The molecule has 0 bridgehead atoms. The number of halogens is 1. The molecule has 0 radical (unpaired) electrons. The summed E-state index contributed by atoms with van der Waals surface area (Å²) in [6.07, 6.45) is 4.23. The lowest BCUT2D eigenvalue weighted by molar-refractivity contribution is 0.192. The first-order valence-electron chi connectivity index (χ1n) is 4.42. The first-order valence-corrected chi connectivity index (χ1v) is 5.39. The minimum absolute atomic E-state index is 0.696. The van der Waals surface area contributed by atoms with E-state index in [4.69, 9.17) is 0 Å². The Morgan fingerprint density at radius 1 is 1.18 bits per heavy atom. The van der Waals surface area contributed by atoms with Crippen molar-refractivity contribution in [3.05, 3.63) is 0 Å². The van der Waals surface area contributed by atoms with Crippen LogP contribution >= 0.6 is 22.9 Å². The Kier molecular flexibility index (Phi) is 2.39. The molecule has 1 N–H and O–H groups in total. The van der Waals surface area contributed by atoms with Crippen molar-refractivity contribution in [2.24, 2.45) is 5.41 Å². The number of rotatable bonds is 0. The minimum atomic E-state index is 0.696. The second-order valence-corrected chi connectivity index (χ2v) is 5.20. The Hall–Kier alpha value is 0.650. The molecule has 0 aromatic rings. The van der Waals surface area contributed by atoms with Crippen LogP contribution in [0.2, 0.25) is 0 Å². The van der Waals surface area contributed by atoms with Gasteiger partial charge in [-0.15, -0.1) is 0 Å². The van der Waals surface area contributed by atoms with Crippen LogP contribution in [0.1, 0.15) is 19.3 Å². The van der Waals surface area contributed by atoms with Crippen LogP contribution in [0.4, 0.5) is 0 Å². The zero-order chi connectivity index (χ0) is 7.73. The highest BCUT2D eigenvalue weighted by Crippen LogP contribution is 2.37. The van der Waals surface area contributed by atoms with Gasteiger partial charge in [0.1, 0.15) is 0 Å². The third kappa shape index (κ3) is 1.70. The van der Waals surface area contributed by atoms with Gasteiger partial charge in [-0.25, -0.2) is 3.11 Å². The van der Waals surface area contributed by atoms with Gasteiger partial charge in [-0.05, 0) is 31.2 Å². The minimum Gasteiger partial charge on any atom is -0.316 e. The smallest absolute Gasteiger partial charge is 0.0201 e. The molecule has 3 heteroatoms. The monoisotopic (exact) mass is 266 g/mol. The fourth-order valence-electron chi connectivity index (χ4n) is 2.18. The molecule has 0 aromatic carbocycles. The number of nitrogens with zero attached hydrogens (tertiary/aromatic N) is 1. The second-order valence-electron chi connectivity index (χ2n) is 3.84. The third-order valence-electron chi connectivity index (χ3n) is 3.10. The van der Waals surface area contributed by atoms with Crippen LogP contribution in [-0.2, 0) is 0 Å². The molecule has 2 saturated heterocycles. The molecule has 11 heavy (non-hydrogen) atoms. The molecule has 2 aliphatic heterocycles. The van der Waals surface area contributed by atoms with Gasteiger partial charge in [0.2, 0.25) is 0 Å². The molecule has 0 amide bonds. The summed E-state index contributed by atoms with van der Waals surface area (Å²) in [5.74, 6) is 0. The van der Waals surface area contributed by atoms with Crippen LogP contribution in [0.15, 0.2) is 0 Å². The van der Waals surface area contributed by atoms with Crippen molar-refractivity contribution in [2.45, 2.75) is 19.3 Å².